The SMILES string of the molecule is O=C(CCCCC1SC[C@H]2NC(=O)N[C@@H]12)NCCC(=O)N1Cc2ccccc2C#Cc2ccccc21. The summed E-state index contributed by atoms with van der Waals surface area (Å²) < 4.78 is 0. The van der Waals surface area contributed by atoms with Gasteiger partial charge in [0.25, 0.3) is 0 Å². The van der Waals surface area contributed by atoms with Crippen LogP contribution in [0.5, 0.6) is 0 Å². The number of anilines is 1. The summed E-state index contributed by atoms with van der Waals surface area (Å²) in [6, 6.07) is 15.9. The molecule has 4 amide bonds. The van der Waals surface area contributed by atoms with Gasteiger partial charge >= 0.3 is 6.03 Å². The first-order chi connectivity index (χ1) is 17.6. The number of para-hydroxylation sites is 1. The number of hydrogen-bond acceptors (Lipinski definition) is 4. The molecule has 3 N–H and O–H groups in total. The Morgan fingerprint density at radius 1 is 1.00 bits per heavy atom. The molecule has 8 heteroatoms. The number of rotatable bonds is 8. The molecule has 0 spiro atoms. The summed E-state index contributed by atoms with van der Waals surface area (Å²) in [5.41, 5.74) is 3.56. The lowest BCUT2D eigenvalue weighted by Gasteiger charge is -2.26. The van der Waals surface area contributed by atoms with Gasteiger partial charge in [0.15, 0.2) is 0 Å². The minimum Gasteiger partial charge on any atom is -0.356 e. The van der Waals surface area contributed by atoms with E-state index in [0.29, 0.717) is 24.8 Å². The molecule has 2 fully saturated rings. The molecule has 36 heavy (non-hydrogen) atoms. The largest absolute Gasteiger partial charge is 0.356 e. The minimum absolute atomic E-state index is 0.0279. The van der Waals surface area contributed by atoms with Crippen molar-refractivity contribution in [3.05, 3.63) is 65.2 Å². The molecule has 2 saturated heterocycles. The maximum atomic E-state index is 13.2. The van der Waals surface area contributed by atoms with Gasteiger partial charge in [-0.15, -0.1) is 0 Å². The maximum absolute atomic E-state index is 13.2. The lowest BCUT2D eigenvalue weighted by atomic mass is 10.0. The highest BCUT2D eigenvalue weighted by atomic mass is 32.2. The van der Waals surface area contributed by atoms with Gasteiger partial charge in [-0.25, -0.2) is 4.79 Å². The van der Waals surface area contributed by atoms with Crippen LogP contribution < -0.4 is 20.9 Å². The van der Waals surface area contributed by atoms with Crippen molar-refractivity contribution in [1.82, 2.24) is 16.0 Å². The first-order valence-corrected chi connectivity index (χ1v) is 13.6. The van der Waals surface area contributed by atoms with Gasteiger partial charge < -0.3 is 20.9 Å². The monoisotopic (exact) mass is 502 g/mol. The number of unbranched alkanes of at least 4 members (excludes halogenated alkanes) is 1. The lowest BCUT2D eigenvalue weighted by molar-refractivity contribution is -0.121. The predicted octanol–water partition coefficient (Wildman–Crippen LogP) is 3.17. The molecule has 3 heterocycles. The molecule has 0 saturated carbocycles. The molecule has 0 radical (unpaired) electrons. The summed E-state index contributed by atoms with van der Waals surface area (Å²) in [6.07, 6.45) is 3.39. The highest BCUT2D eigenvalue weighted by Crippen LogP contribution is 2.33. The Kier molecular flexibility index (Phi) is 7.47. The second kappa shape index (κ2) is 11.1. The number of benzene rings is 2. The van der Waals surface area contributed by atoms with Gasteiger partial charge in [0.1, 0.15) is 0 Å². The first-order valence-electron chi connectivity index (χ1n) is 12.5. The van der Waals surface area contributed by atoms with Gasteiger partial charge in [-0.05, 0) is 36.6 Å². The van der Waals surface area contributed by atoms with Crippen molar-refractivity contribution in [2.24, 2.45) is 0 Å². The second-order valence-electron chi connectivity index (χ2n) is 9.37. The topological polar surface area (TPSA) is 90.5 Å². The molecule has 1 unspecified atom stereocenters. The van der Waals surface area contributed by atoms with Gasteiger partial charge in [0.05, 0.1) is 24.3 Å². The van der Waals surface area contributed by atoms with Gasteiger partial charge in [-0.2, -0.15) is 11.8 Å². The fourth-order valence-electron chi connectivity index (χ4n) is 5.01. The van der Waals surface area contributed by atoms with Crippen LogP contribution in [0, 0.1) is 11.8 Å². The third-order valence-corrected chi connectivity index (χ3v) is 8.42. The Balaban J connectivity index is 1.08. The summed E-state index contributed by atoms with van der Waals surface area (Å²) >= 11 is 1.89. The molecule has 2 aromatic carbocycles. The fraction of sp³-hybridized carbons (Fsp3) is 0.393. The van der Waals surface area contributed by atoms with E-state index < -0.39 is 0 Å². The molecule has 7 nitrogen and oxygen atoms in total. The van der Waals surface area contributed by atoms with Crippen molar-refractivity contribution in [2.45, 2.75) is 56.0 Å². The summed E-state index contributed by atoms with van der Waals surface area (Å²) in [5.74, 6) is 7.31. The van der Waals surface area contributed by atoms with E-state index in [1.807, 2.05) is 60.3 Å². The highest BCUT2D eigenvalue weighted by Gasteiger charge is 2.42. The van der Waals surface area contributed by atoms with Crippen LogP contribution in [0.25, 0.3) is 0 Å². The summed E-state index contributed by atoms with van der Waals surface area (Å²) in [6.45, 7) is 0.759. The van der Waals surface area contributed by atoms with E-state index in [2.05, 4.69) is 27.8 Å². The number of amides is 4. The van der Waals surface area contributed by atoms with E-state index >= 15 is 0 Å². The lowest BCUT2D eigenvalue weighted by Crippen LogP contribution is -2.36. The zero-order valence-electron chi connectivity index (χ0n) is 20.1. The normalized spacial score (nSPS) is 21.5. The van der Waals surface area contributed by atoms with Crippen LogP contribution in [0.3, 0.4) is 0 Å². The first kappa shape index (κ1) is 24.3. The van der Waals surface area contributed by atoms with E-state index in [9.17, 15) is 14.4 Å². The van der Waals surface area contributed by atoms with Crippen molar-refractivity contribution >= 4 is 35.3 Å². The Labute approximate surface area is 215 Å². The number of carbonyl (C=O) groups excluding carboxylic acids is 3. The maximum Gasteiger partial charge on any atom is 0.315 e. The number of nitrogens with zero attached hydrogens (tertiary/aromatic N) is 1. The number of hydrogen-bond donors (Lipinski definition) is 3. The minimum atomic E-state index is -0.0689. The van der Waals surface area contributed by atoms with Gasteiger partial charge in [0, 0.05) is 41.5 Å². The van der Waals surface area contributed by atoms with Gasteiger partial charge in [0.2, 0.25) is 11.8 Å². The number of carbonyl (C=O) groups is 3. The molecule has 3 aliphatic rings. The van der Waals surface area contributed by atoms with Crippen molar-refractivity contribution < 1.29 is 14.4 Å². The standard InChI is InChI=1S/C28H30N4O3S/c33-25(12-6-5-11-24-27-22(18-36-24)30-28(35)31-27)29-16-15-26(34)32-17-21-9-2-1-7-19(21)13-14-20-8-3-4-10-23(20)32/h1-4,7-10,22,24,27H,5-6,11-12,15-18H2,(H,29,33)(H2,30,31,35)/t22-,24?,27-/m1/s1. The van der Waals surface area contributed by atoms with Crippen LogP contribution in [-0.4, -0.2) is 47.5 Å². The quantitative estimate of drug-likeness (QED) is 0.294. The van der Waals surface area contributed by atoms with E-state index in [0.717, 1.165) is 47.4 Å². The van der Waals surface area contributed by atoms with Crippen LogP contribution in [0.1, 0.15) is 48.8 Å². The summed E-state index contributed by atoms with van der Waals surface area (Å²) in [4.78, 5) is 38.9. The van der Waals surface area contributed by atoms with E-state index in [4.69, 9.17) is 0 Å². The van der Waals surface area contributed by atoms with Crippen molar-refractivity contribution in [2.75, 3.05) is 17.2 Å². The van der Waals surface area contributed by atoms with Crippen molar-refractivity contribution in [1.29, 1.82) is 0 Å². The van der Waals surface area contributed by atoms with Gasteiger partial charge in [-0.3, -0.25) is 9.59 Å². The highest BCUT2D eigenvalue weighted by molar-refractivity contribution is 8.00. The van der Waals surface area contributed by atoms with Crippen molar-refractivity contribution in [3.8, 4) is 11.8 Å². The summed E-state index contributed by atoms with van der Waals surface area (Å²) in [7, 11) is 0. The van der Waals surface area contributed by atoms with Crippen LogP contribution >= 0.6 is 11.8 Å². The molecule has 0 aromatic heterocycles. The Morgan fingerprint density at radius 3 is 2.67 bits per heavy atom. The zero-order chi connectivity index (χ0) is 24.9. The second-order valence-corrected chi connectivity index (χ2v) is 10.6. The van der Waals surface area contributed by atoms with E-state index in [1.165, 1.54) is 0 Å². The average Bonchev–Trinajstić information content (AvgIpc) is 3.42. The molecule has 3 aliphatic heterocycles. The summed E-state index contributed by atoms with van der Waals surface area (Å²) in [5, 5.41) is 9.28. The molecule has 186 valence electrons. The van der Waals surface area contributed by atoms with Crippen LogP contribution in [-0.2, 0) is 16.1 Å². The van der Waals surface area contributed by atoms with Crippen LogP contribution in [0.15, 0.2) is 48.5 Å². The van der Waals surface area contributed by atoms with Gasteiger partial charge in [-0.1, -0.05) is 48.6 Å². The third kappa shape index (κ3) is 5.52. The van der Waals surface area contributed by atoms with Crippen molar-refractivity contribution in [3.63, 3.8) is 0 Å². The molecule has 0 bridgehead atoms. The molecule has 5 rings (SSSR count). The smallest absolute Gasteiger partial charge is 0.315 e. The molecular weight excluding hydrogens is 472 g/mol. The van der Waals surface area contributed by atoms with Crippen LogP contribution in [0.4, 0.5) is 10.5 Å². The molecule has 2 aromatic rings. The van der Waals surface area contributed by atoms with Crippen LogP contribution in [0.2, 0.25) is 0 Å². The average molecular weight is 503 g/mol. The number of fused-ring (bicyclic) bond motifs is 3. The third-order valence-electron chi connectivity index (χ3n) is 6.92. The van der Waals surface area contributed by atoms with E-state index in [-0.39, 0.29) is 36.3 Å². The number of thioether (sulfide) groups is 1. The van der Waals surface area contributed by atoms with E-state index in [1.54, 1.807) is 4.90 Å². The molecular formula is C28H30N4O3S. The Hall–Kier alpha value is -3.44. The number of urea groups is 1. The zero-order valence-corrected chi connectivity index (χ0v) is 20.9. The Bertz CT molecular complexity index is 1220. The molecule has 0 aliphatic carbocycles. The molecule has 3 atom stereocenters. The fourth-order valence-corrected chi connectivity index (χ4v) is 6.56. The predicted molar refractivity (Wildman–Crippen MR) is 142 cm³/mol. The Morgan fingerprint density at radius 2 is 1.78 bits per heavy atom. The number of nitrogens with one attached hydrogen (secondary N) is 3.